The Morgan fingerprint density at radius 3 is 0.912 bits per heavy atom. The van der Waals surface area contributed by atoms with Crippen molar-refractivity contribution in [1.82, 2.24) is 44.9 Å². The molecule has 0 saturated carbocycles. The summed E-state index contributed by atoms with van der Waals surface area (Å²) in [6, 6.07) is 45.0. The second-order valence-corrected chi connectivity index (χ2v) is 13.3. The SMILES string of the molecule is F[P-](F)(F)(F)(F)F.[Cl-].[Ru+2].c1cc(-c2nc3ccccc3[nH]2)nc(-c2nc3ccccc3[nH]2)c1.c1ccc(-c2ccccn2)nc1.c1ccc(-c2ccccn2)nc1. The molecule has 0 bridgehead atoms. The maximum absolute atomic E-state index is 10.7. The van der Waals surface area contributed by atoms with E-state index in [1.165, 1.54) is 0 Å². The van der Waals surface area contributed by atoms with Gasteiger partial charge in [-0.2, -0.15) is 0 Å². The van der Waals surface area contributed by atoms with Gasteiger partial charge in [-0.25, -0.2) is 15.0 Å². The average Bonchev–Trinajstić information content (AvgIpc) is 3.84. The van der Waals surface area contributed by atoms with Crippen molar-refractivity contribution in [2.24, 2.45) is 0 Å². The number of nitrogens with one attached hydrogen (secondary N) is 2. The predicted octanol–water partition coefficient (Wildman–Crippen LogP) is 8.84. The van der Waals surface area contributed by atoms with Crippen LogP contribution < -0.4 is 12.4 Å². The number of pyridine rings is 5. The molecule has 9 rings (SSSR count). The van der Waals surface area contributed by atoms with E-state index < -0.39 is 7.81 Å². The van der Waals surface area contributed by atoms with Crippen LogP contribution >= 0.6 is 7.81 Å². The molecule has 0 fully saturated rings. The average molecular weight is 905 g/mol. The van der Waals surface area contributed by atoms with E-state index in [0.717, 1.165) is 67.9 Å². The Balaban J connectivity index is 0.000000186. The quantitative estimate of drug-likeness (QED) is 0.103. The molecular formula is C39H29ClF6N9PRu. The van der Waals surface area contributed by atoms with Gasteiger partial charge in [0, 0.05) is 24.8 Å². The van der Waals surface area contributed by atoms with Crippen molar-refractivity contribution in [3.8, 4) is 45.8 Å². The molecule has 0 radical (unpaired) electrons. The third kappa shape index (κ3) is 14.3. The van der Waals surface area contributed by atoms with Crippen LogP contribution in [0.5, 0.6) is 0 Å². The number of benzene rings is 2. The van der Waals surface area contributed by atoms with Crippen molar-refractivity contribution in [3.05, 3.63) is 164 Å². The van der Waals surface area contributed by atoms with Gasteiger partial charge in [0.1, 0.15) is 11.4 Å². The van der Waals surface area contributed by atoms with Gasteiger partial charge in [-0.15, -0.1) is 0 Å². The number of hydrogen-bond acceptors (Lipinski definition) is 7. The molecule has 9 aromatic rings. The van der Waals surface area contributed by atoms with Gasteiger partial charge in [-0.3, -0.25) is 19.9 Å². The molecule has 57 heavy (non-hydrogen) atoms. The molecule has 0 aliphatic carbocycles. The predicted molar refractivity (Wildman–Crippen MR) is 203 cm³/mol. The van der Waals surface area contributed by atoms with Crippen molar-refractivity contribution >= 4 is 29.9 Å². The number of fused-ring (bicyclic) bond motifs is 2. The summed E-state index contributed by atoms with van der Waals surface area (Å²) in [4.78, 5) is 37.3. The summed E-state index contributed by atoms with van der Waals surface area (Å²) < 4.78 is 59.2. The molecule has 7 aromatic heterocycles. The van der Waals surface area contributed by atoms with Gasteiger partial charge in [-0.1, -0.05) is 54.6 Å². The topological polar surface area (TPSA) is 122 Å². The van der Waals surface area contributed by atoms with Crippen LogP contribution in [0.2, 0.25) is 0 Å². The number of imidazole rings is 2. The first-order valence-electron chi connectivity index (χ1n) is 16.3. The Hall–Kier alpha value is -5.95. The molecule has 0 saturated heterocycles. The molecular weight excluding hydrogens is 876 g/mol. The van der Waals surface area contributed by atoms with E-state index in [0.29, 0.717) is 0 Å². The summed E-state index contributed by atoms with van der Waals surface area (Å²) in [5, 5.41) is 0. The number of halogens is 7. The van der Waals surface area contributed by atoms with Gasteiger partial charge < -0.3 is 22.4 Å². The van der Waals surface area contributed by atoms with Crippen molar-refractivity contribution in [2.75, 3.05) is 0 Å². The molecule has 0 atom stereocenters. The number of nitrogens with zero attached hydrogens (tertiary/aromatic N) is 7. The Labute approximate surface area is 340 Å². The van der Waals surface area contributed by atoms with Gasteiger partial charge in [-0.05, 0) is 84.9 Å². The van der Waals surface area contributed by atoms with Crippen LogP contribution in [-0.2, 0) is 19.5 Å². The molecule has 18 heteroatoms. The molecule has 0 aliphatic heterocycles. The number of aromatic amines is 2. The van der Waals surface area contributed by atoms with Gasteiger partial charge >= 0.3 is 52.5 Å². The van der Waals surface area contributed by atoms with E-state index in [4.69, 9.17) is 4.98 Å². The van der Waals surface area contributed by atoms with E-state index in [2.05, 4.69) is 39.9 Å². The maximum atomic E-state index is 9.87. The van der Waals surface area contributed by atoms with Crippen LogP contribution in [0.15, 0.2) is 164 Å². The van der Waals surface area contributed by atoms with Crippen LogP contribution in [0.3, 0.4) is 0 Å². The first-order chi connectivity index (χ1) is 26.2. The molecule has 2 aromatic carbocycles. The van der Waals surface area contributed by atoms with Gasteiger partial charge in [0.2, 0.25) is 0 Å². The van der Waals surface area contributed by atoms with E-state index in [1.807, 2.05) is 140 Å². The Bertz CT molecular complexity index is 2290. The van der Waals surface area contributed by atoms with Gasteiger partial charge in [0.15, 0.2) is 11.6 Å². The number of aromatic nitrogens is 9. The molecule has 0 amide bonds. The molecule has 0 aliphatic rings. The fourth-order valence-corrected chi connectivity index (χ4v) is 4.90. The zero-order valence-electron chi connectivity index (χ0n) is 29.2. The van der Waals surface area contributed by atoms with Gasteiger partial charge in [0.25, 0.3) is 0 Å². The minimum Gasteiger partial charge on any atom is -1.00 e. The van der Waals surface area contributed by atoms with Crippen molar-refractivity contribution < 1.29 is 57.1 Å². The summed E-state index contributed by atoms with van der Waals surface area (Å²) in [6.07, 6.45) is 7.07. The van der Waals surface area contributed by atoms with E-state index in [-0.39, 0.29) is 31.9 Å². The smallest absolute Gasteiger partial charge is 1.00 e. The fraction of sp³-hybridized carbons (Fsp3) is 0. The molecule has 2 N–H and O–H groups in total. The van der Waals surface area contributed by atoms with Crippen LogP contribution in [0, 0.1) is 0 Å². The largest absolute Gasteiger partial charge is 2.00 e. The molecule has 7 heterocycles. The van der Waals surface area contributed by atoms with Crippen LogP contribution in [0.25, 0.3) is 67.9 Å². The monoisotopic (exact) mass is 905 g/mol. The first kappa shape index (κ1) is 43.8. The number of H-pyrrole nitrogens is 2. The van der Waals surface area contributed by atoms with E-state index >= 15 is 0 Å². The van der Waals surface area contributed by atoms with Gasteiger partial charge in [0.05, 0.1) is 44.8 Å². The number of hydrogen-bond donors (Lipinski definition) is 2. The van der Waals surface area contributed by atoms with Crippen LogP contribution in [0.4, 0.5) is 25.2 Å². The molecule has 0 unspecified atom stereocenters. The van der Waals surface area contributed by atoms with Crippen molar-refractivity contribution in [1.29, 1.82) is 0 Å². The van der Waals surface area contributed by atoms with Crippen molar-refractivity contribution in [3.63, 3.8) is 0 Å². The summed E-state index contributed by atoms with van der Waals surface area (Å²) in [5.74, 6) is 1.52. The zero-order chi connectivity index (χ0) is 38.8. The molecule has 292 valence electrons. The maximum Gasteiger partial charge on any atom is 2.00 e. The minimum atomic E-state index is -10.7. The zero-order valence-corrected chi connectivity index (χ0v) is 32.6. The summed E-state index contributed by atoms with van der Waals surface area (Å²) in [5.41, 5.74) is 9.12. The standard InChI is InChI=1S/C19H13N5.2C10H8N2.ClH.F6P.Ru/c1-2-7-13-12(6-1)21-18(22-13)16-10-5-11-17(20-16)19-23-14-8-3-4-9-15(14)24-19;2*1-3-7-11-9(5-1)10-6-2-4-8-12-10;;1-7(2,3,4,5)6;/h1-11H,(H,21,22)(H,23,24);2*1-8H;1H;;/q;;;;-1;+2/p-1. The summed E-state index contributed by atoms with van der Waals surface area (Å²) >= 11 is 0. The van der Waals surface area contributed by atoms with Crippen molar-refractivity contribution in [2.45, 2.75) is 0 Å². The second kappa shape index (κ2) is 18.3. The molecule has 0 spiro atoms. The summed E-state index contributed by atoms with van der Waals surface area (Å²) in [7, 11) is -10.7. The van der Waals surface area contributed by atoms with Crippen LogP contribution in [-0.4, -0.2) is 44.9 Å². The second-order valence-electron chi connectivity index (χ2n) is 11.4. The Morgan fingerprint density at radius 1 is 0.351 bits per heavy atom. The van der Waals surface area contributed by atoms with E-state index in [1.54, 1.807) is 24.8 Å². The summed E-state index contributed by atoms with van der Waals surface area (Å²) in [6.45, 7) is 0. The minimum absolute atomic E-state index is 0. The Kier molecular flexibility index (Phi) is 14.1. The van der Waals surface area contributed by atoms with E-state index in [9.17, 15) is 25.2 Å². The third-order valence-corrected chi connectivity index (χ3v) is 7.20. The molecule has 9 nitrogen and oxygen atoms in total. The Morgan fingerprint density at radius 2 is 0.632 bits per heavy atom. The third-order valence-electron chi connectivity index (χ3n) is 7.20. The number of rotatable bonds is 4. The number of para-hydroxylation sites is 4. The normalized spacial score (nSPS) is 11.7. The first-order valence-corrected chi connectivity index (χ1v) is 18.4. The fourth-order valence-electron chi connectivity index (χ4n) is 4.90. The van der Waals surface area contributed by atoms with Crippen LogP contribution in [0.1, 0.15) is 0 Å².